The minimum absolute atomic E-state index is 0.00572. The Morgan fingerprint density at radius 2 is 2.07 bits per heavy atom. The Morgan fingerprint density at radius 1 is 1.40 bits per heavy atom. The highest BCUT2D eigenvalue weighted by molar-refractivity contribution is 5.79. The van der Waals surface area contributed by atoms with Gasteiger partial charge in [0, 0.05) is 12.5 Å². The third kappa shape index (κ3) is 7.66. The zero-order chi connectivity index (χ0) is 11.7. The van der Waals surface area contributed by atoms with E-state index in [1.54, 1.807) is 6.92 Å². The summed E-state index contributed by atoms with van der Waals surface area (Å²) in [7, 11) is 0. The molecule has 5 nitrogen and oxygen atoms in total. The summed E-state index contributed by atoms with van der Waals surface area (Å²) in [6.45, 7) is 3.98. The molecule has 0 saturated heterocycles. The largest absolute Gasteiger partial charge is 0.355 e. The number of amides is 2. The van der Waals surface area contributed by atoms with Crippen molar-refractivity contribution in [2.24, 2.45) is 5.92 Å². The molecule has 2 N–H and O–H groups in total. The van der Waals surface area contributed by atoms with Crippen LogP contribution in [0.25, 0.3) is 0 Å². The summed E-state index contributed by atoms with van der Waals surface area (Å²) in [5.41, 5.74) is 0. The standard InChI is InChI=1S/C10H18N2O3/c1-8(9(2)14)4-3-5-12-10(15)6-11-7-13/h7-8H,3-6H2,1-2H3,(H,11,13)(H,12,15). The molecule has 1 atom stereocenters. The molecule has 0 radical (unpaired) electrons. The molecule has 86 valence electrons. The summed E-state index contributed by atoms with van der Waals surface area (Å²) in [4.78, 5) is 31.7. The van der Waals surface area contributed by atoms with Gasteiger partial charge in [0.1, 0.15) is 5.78 Å². The maximum atomic E-state index is 11.0. The first-order chi connectivity index (χ1) is 7.07. The van der Waals surface area contributed by atoms with E-state index >= 15 is 0 Å². The van der Waals surface area contributed by atoms with Crippen LogP contribution in [0.4, 0.5) is 0 Å². The van der Waals surface area contributed by atoms with Crippen LogP contribution in [0.3, 0.4) is 0 Å². The van der Waals surface area contributed by atoms with Gasteiger partial charge in [0.25, 0.3) is 0 Å². The Balaban J connectivity index is 3.41. The zero-order valence-electron chi connectivity index (χ0n) is 9.21. The minimum atomic E-state index is -0.211. The van der Waals surface area contributed by atoms with Crippen molar-refractivity contribution < 1.29 is 14.4 Å². The van der Waals surface area contributed by atoms with Crippen molar-refractivity contribution in [2.45, 2.75) is 26.7 Å². The van der Waals surface area contributed by atoms with Gasteiger partial charge in [-0.2, -0.15) is 0 Å². The van der Waals surface area contributed by atoms with Crippen LogP contribution in [0.2, 0.25) is 0 Å². The molecule has 0 rings (SSSR count). The first-order valence-electron chi connectivity index (χ1n) is 5.02. The quantitative estimate of drug-likeness (QED) is 0.436. The second-order valence-electron chi connectivity index (χ2n) is 3.50. The van der Waals surface area contributed by atoms with Crippen LogP contribution in [-0.4, -0.2) is 31.2 Å². The van der Waals surface area contributed by atoms with Crippen LogP contribution in [-0.2, 0) is 14.4 Å². The topological polar surface area (TPSA) is 75.3 Å². The summed E-state index contributed by atoms with van der Waals surface area (Å²) < 4.78 is 0. The maximum absolute atomic E-state index is 11.0. The molecule has 15 heavy (non-hydrogen) atoms. The lowest BCUT2D eigenvalue weighted by molar-refractivity contribution is -0.122. The van der Waals surface area contributed by atoms with Crippen LogP contribution in [0.15, 0.2) is 0 Å². The van der Waals surface area contributed by atoms with E-state index in [-0.39, 0.29) is 24.2 Å². The molecule has 0 aromatic carbocycles. The van der Waals surface area contributed by atoms with Crippen molar-refractivity contribution in [3.05, 3.63) is 0 Å². The first-order valence-corrected chi connectivity index (χ1v) is 5.02. The van der Waals surface area contributed by atoms with E-state index in [1.807, 2.05) is 6.92 Å². The van der Waals surface area contributed by atoms with E-state index in [0.717, 1.165) is 12.8 Å². The maximum Gasteiger partial charge on any atom is 0.239 e. The van der Waals surface area contributed by atoms with Gasteiger partial charge in [-0.3, -0.25) is 14.4 Å². The third-order valence-corrected chi connectivity index (χ3v) is 2.18. The second-order valence-corrected chi connectivity index (χ2v) is 3.50. The minimum Gasteiger partial charge on any atom is -0.355 e. The fraction of sp³-hybridized carbons (Fsp3) is 0.700. The molecule has 2 amide bonds. The van der Waals surface area contributed by atoms with E-state index < -0.39 is 0 Å². The molecular formula is C10H18N2O3. The van der Waals surface area contributed by atoms with Crippen LogP contribution in [0, 0.1) is 5.92 Å². The van der Waals surface area contributed by atoms with Gasteiger partial charge in [-0.05, 0) is 19.8 Å². The predicted octanol–water partition coefficient (Wildman–Crippen LogP) is -0.146. The zero-order valence-corrected chi connectivity index (χ0v) is 9.21. The summed E-state index contributed by atoms with van der Waals surface area (Å²) in [5, 5.41) is 4.91. The van der Waals surface area contributed by atoms with Crippen molar-refractivity contribution in [1.29, 1.82) is 0 Å². The molecule has 5 heteroatoms. The number of rotatable bonds is 8. The number of nitrogens with one attached hydrogen (secondary N) is 2. The molecular weight excluding hydrogens is 196 g/mol. The molecule has 0 aliphatic rings. The number of hydrogen-bond acceptors (Lipinski definition) is 3. The van der Waals surface area contributed by atoms with Gasteiger partial charge in [-0.15, -0.1) is 0 Å². The predicted molar refractivity (Wildman–Crippen MR) is 56.2 cm³/mol. The third-order valence-electron chi connectivity index (χ3n) is 2.18. The average Bonchev–Trinajstić information content (AvgIpc) is 2.20. The molecule has 0 aromatic rings. The molecule has 0 saturated carbocycles. The van der Waals surface area contributed by atoms with Gasteiger partial charge in [0.05, 0.1) is 6.54 Å². The molecule has 0 aromatic heterocycles. The Labute approximate surface area is 89.6 Å². The van der Waals surface area contributed by atoms with Crippen LogP contribution >= 0.6 is 0 Å². The summed E-state index contributed by atoms with van der Waals surface area (Å²) in [6.07, 6.45) is 2.03. The molecule has 0 bridgehead atoms. The highest BCUT2D eigenvalue weighted by Gasteiger charge is 2.06. The second kappa shape index (κ2) is 7.96. The lowest BCUT2D eigenvalue weighted by atomic mass is 10.0. The molecule has 0 fully saturated rings. The van der Waals surface area contributed by atoms with Gasteiger partial charge >= 0.3 is 0 Å². The number of carbonyl (C=O) groups is 3. The van der Waals surface area contributed by atoms with Gasteiger partial charge in [0.2, 0.25) is 12.3 Å². The van der Waals surface area contributed by atoms with Crippen molar-refractivity contribution >= 4 is 18.1 Å². The average molecular weight is 214 g/mol. The summed E-state index contributed by atoms with van der Waals surface area (Å²) in [5.74, 6) is 0.0107. The Morgan fingerprint density at radius 3 is 2.60 bits per heavy atom. The monoisotopic (exact) mass is 214 g/mol. The van der Waals surface area contributed by atoms with Crippen molar-refractivity contribution in [2.75, 3.05) is 13.1 Å². The number of carbonyl (C=O) groups excluding carboxylic acids is 3. The number of ketones is 1. The van der Waals surface area contributed by atoms with Crippen LogP contribution in [0.1, 0.15) is 26.7 Å². The van der Waals surface area contributed by atoms with Gasteiger partial charge in [-0.1, -0.05) is 6.92 Å². The Bertz CT molecular complexity index is 229. The van der Waals surface area contributed by atoms with Crippen molar-refractivity contribution in [3.63, 3.8) is 0 Å². The number of hydrogen-bond donors (Lipinski definition) is 2. The van der Waals surface area contributed by atoms with Gasteiger partial charge in [0.15, 0.2) is 0 Å². The van der Waals surface area contributed by atoms with Crippen molar-refractivity contribution in [1.82, 2.24) is 10.6 Å². The van der Waals surface area contributed by atoms with Crippen LogP contribution in [0.5, 0.6) is 0 Å². The highest BCUT2D eigenvalue weighted by atomic mass is 16.2. The fourth-order valence-corrected chi connectivity index (χ4v) is 1.04. The smallest absolute Gasteiger partial charge is 0.239 e. The molecule has 0 aliphatic carbocycles. The van der Waals surface area contributed by atoms with E-state index in [1.165, 1.54) is 0 Å². The lowest BCUT2D eigenvalue weighted by Gasteiger charge is -2.07. The highest BCUT2D eigenvalue weighted by Crippen LogP contribution is 2.05. The summed E-state index contributed by atoms with van der Waals surface area (Å²) in [6, 6.07) is 0. The van der Waals surface area contributed by atoms with Crippen molar-refractivity contribution in [3.8, 4) is 0 Å². The van der Waals surface area contributed by atoms with Crippen LogP contribution < -0.4 is 10.6 Å². The van der Waals surface area contributed by atoms with E-state index in [9.17, 15) is 14.4 Å². The lowest BCUT2D eigenvalue weighted by Crippen LogP contribution is -2.33. The Kier molecular flexibility index (Phi) is 7.23. The molecule has 0 heterocycles. The van der Waals surface area contributed by atoms with Gasteiger partial charge < -0.3 is 10.6 Å². The number of Topliss-reactive ketones (excluding diaryl/α,β-unsaturated/α-hetero) is 1. The normalized spacial score (nSPS) is 11.6. The Hall–Kier alpha value is -1.39. The van der Waals surface area contributed by atoms with E-state index in [0.29, 0.717) is 13.0 Å². The molecule has 0 spiro atoms. The first kappa shape index (κ1) is 13.6. The SMILES string of the molecule is CC(=O)C(C)CCCNC(=O)CNC=O. The van der Waals surface area contributed by atoms with E-state index in [2.05, 4.69) is 10.6 Å². The summed E-state index contributed by atoms with van der Waals surface area (Å²) >= 11 is 0. The fourth-order valence-electron chi connectivity index (χ4n) is 1.04. The van der Waals surface area contributed by atoms with Gasteiger partial charge in [-0.25, -0.2) is 0 Å². The molecule has 0 aliphatic heterocycles. The molecule has 1 unspecified atom stereocenters. The van der Waals surface area contributed by atoms with E-state index in [4.69, 9.17) is 0 Å².